The predicted octanol–water partition coefficient (Wildman–Crippen LogP) is 4.37. The van der Waals surface area contributed by atoms with Crippen molar-refractivity contribution in [1.29, 1.82) is 0 Å². The molecule has 2 aromatic rings. The highest BCUT2D eigenvalue weighted by molar-refractivity contribution is 5.86. The molecule has 160 valence electrons. The number of phenolic OH excluding ortho intramolecular Hbond substituents is 2. The fourth-order valence-corrected chi connectivity index (χ4v) is 4.04. The summed E-state index contributed by atoms with van der Waals surface area (Å²) < 4.78 is 19.3. The minimum absolute atomic E-state index is 0.0420. The molecule has 2 unspecified atom stereocenters. The maximum atomic E-state index is 14.7. The Kier molecular flexibility index (Phi) is 6.17. The number of hydrogen-bond donors (Lipinski definition) is 2. The highest BCUT2D eigenvalue weighted by Gasteiger charge is 2.38. The SMILES string of the molecule is COC(=O)/C=C/c1ccc(C2c3c(ccc(O)c3O)CC(C)N2CC(C)(C)F)cc1. The Morgan fingerprint density at radius 2 is 1.90 bits per heavy atom. The molecular weight excluding hydrogens is 385 g/mol. The molecule has 2 N–H and O–H groups in total. The van der Waals surface area contributed by atoms with Crippen molar-refractivity contribution in [3.05, 3.63) is 64.7 Å². The summed E-state index contributed by atoms with van der Waals surface area (Å²) >= 11 is 0. The van der Waals surface area contributed by atoms with Crippen LogP contribution in [0.5, 0.6) is 11.5 Å². The first-order valence-electron chi connectivity index (χ1n) is 9.95. The molecule has 1 aliphatic heterocycles. The Balaban J connectivity index is 2.07. The molecule has 0 saturated heterocycles. The number of ether oxygens (including phenoxy) is 1. The van der Waals surface area contributed by atoms with E-state index in [0.29, 0.717) is 12.0 Å². The maximum Gasteiger partial charge on any atom is 0.330 e. The summed E-state index contributed by atoms with van der Waals surface area (Å²) in [6.07, 6.45) is 3.64. The van der Waals surface area contributed by atoms with Gasteiger partial charge >= 0.3 is 5.97 Å². The Morgan fingerprint density at radius 3 is 2.50 bits per heavy atom. The van der Waals surface area contributed by atoms with Crippen LogP contribution in [0.3, 0.4) is 0 Å². The zero-order valence-electron chi connectivity index (χ0n) is 17.7. The van der Waals surface area contributed by atoms with Crippen molar-refractivity contribution in [3.63, 3.8) is 0 Å². The fourth-order valence-electron chi connectivity index (χ4n) is 4.04. The van der Waals surface area contributed by atoms with Crippen LogP contribution in [0, 0.1) is 0 Å². The normalized spacial score (nSPS) is 19.6. The largest absolute Gasteiger partial charge is 0.504 e. The standard InChI is InChI=1S/C24H28FNO4/c1-15-13-18-10-11-19(27)23(29)21(18)22(26(15)14-24(2,3)25)17-8-5-16(6-9-17)7-12-20(28)30-4/h5-12,15,22,27,29H,13-14H2,1-4H3/b12-7+. The number of rotatable bonds is 5. The summed E-state index contributed by atoms with van der Waals surface area (Å²) in [5.74, 6) is -0.794. The number of fused-ring (bicyclic) bond motifs is 1. The van der Waals surface area contributed by atoms with Crippen LogP contribution in [0.4, 0.5) is 4.39 Å². The lowest BCUT2D eigenvalue weighted by molar-refractivity contribution is -0.134. The van der Waals surface area contributed by atoms with Gasteiger partial charge in [0.05, 0.1) is 13.2 Å². The van der Waals surface area contributed by atoms with Crippen LogP contribution in [-0.4, -0.2) is 46.4 Å². The number of phenols is 2. The van der Waals surface area contributed by atoms with Gasteiger partial charge in [-0.15, -0.1) is 0 Å². The molecule has 0 bridgehead atoms. The van der Waals surface area contributed by atoms with E-state index in [9.17, 15) is 19.4 Å². The van der Waals surface area contributed by atoms with E-state index in [1.165, 1.54) is 33.1 Å². The van der Waals surface area contributed by atoms with Gasteiger partial charge in [-0.1, -0.05) is 30.3 Å². The van der Waals surface area contributed by atoms with E-state index < -0.39 is 17.7 Å². The van der Waals surface area contributed by atoms with Crippen LogP contribution < -0.4 is 0 Å². The first kappa shape index (κ1) is 21.8. The Labute approximate surface area is 176 Å². The van der Waals surface area contributed by atoms with Gasteiger partial charge < -0.3 is 14.9 Å². The topological polar surface area (TPSA) is 70.0 Å². The predicted molar refractivity (Wildman–Crippen MR) is 114 cm³/mol. The number of nitrogens with zero attached hydrogens (tertiary/aromatic N) is 1. The van der Waals surface area contributed by atoms with E-state index >= 15 is 0 Å². The van der Waals surface area contributed by atoms with Crippen molar-refractivity contribution in [2.75, 3.05) is 13.7 Å². The van der Waals surface area contributed by atoms with E-state index in [2.05, 4.69) is 4.74 Å². The molecule has 0 aliphatic carbocycles. The number of hydrogen-bond acceptors (Lipinski definition) is 5. The average Bonchev–Trinajstić information content (AvgIpc) is 2.69. The molecular formula is C24H28FNO4. The van der Waals surface area contributed by atoms with Crippen molar-refractivity contribution in [3.8, 4) is 11.5 Å². The van der Waals surface area contributed by atoms with Gasteiger partial charge in [0, 0.05) is 24.2 Å². The van der Waals surface area contributed by atoms with Gasteiger partial charge in [0.2, 0.25) is 0 Å². The smallest absolute Gasteiger partial charge is 0.330 e. The molecule has 1 aliphatic rings. The Morgan fingerprint density at radius 1 is 1.23 bits per heavy atom. The third-order valence-electron chi connectivity index (χ3n) is 5.40. The van der Waals surface area contributed by atoms with Crippen molar-refractivity contribution >= 4 is 12.0 Å². The lowest BCUT2D eigenvalue weighted by atomic mass is 9.83. The van der Waals surface area contributed by atoms with Gasteiger partial charge in [0.1, 0.15) is 5.67 Å². The number of alkyl halides is 1. The number of aromatic hydroxyl groups is 2. The minimum Gasteiger partial charge on any atom is -0.504 e. The number of carbonyl (C=O) groups excluding carboxylic acids is 1. The van der Waals surface area contributed by atoms with Gasteiger partial charge in [0.25, 0.3) is 0 Å². The van der Waals surface area contributed by atoms with E-state index in [4.69, 9.17) is 0 Å². The quantitative estimate of drug-likeness (QED) is 0.433. The van der Waals surface area contributed by atoms with Crippen molar-refractivity contribution in [2.45, 2.75) is 44.9 Å². The molecule has 30 heavy (non-hydrogen) atoms. The van der Waals surface area contributed by atoms with E-state index in [1.54, 1.807) is 6.08 Å². The zero-order valence-corrected chi connectivity index (χ0v) is 17.7. The average molecular weight is 413 g/mol. The lowest BCUT2D eigenvalue weighted by Crippen LogP contribution is -2.47. The molecule has 0 amide bonds. The van der Waals surface area contributed by atoms with Crippen LogP contribution in [0.1, 0.15) is 49.1 Å². The Bertz CT molecular complexity index is 947. The van der Waals surface area contributed by atoms with Crippen molar-refractivity contribution in [1.82, 2.24) is 4.90 Å². The number of esters is 1. The summed E-state index contributed by atoms with van der Waals surface area (Å²) in [4.78, 5) is 13.3. The molecule has 0 fully saturated rings. The van der Waals surface area contributed by atoms with Gasteiger partial charge in [-0.2, -0.15) is 0 Å². The van der Waals surface area contributed by atoms with Gasteiger partial charge in [-0.3, -0.25) is 4.90 Å². The molecule has 0 aromatic heterocycles. The Hall–Kier alpha value is -2.86. The van der Waals surface area contributed by atoms with Crippen LogP contribution in [0.2, 0.25) is 0 Å². The van der Waals surface area contributed by atoms with Crippen LogP contribution in [0.15, 0.2) is 42.5 Å². The van der Waals surface area contributed by atoms with Gasteiger partial charge in [0.15, 0.2) is 11.5 Å². The second-order valence-corrected chi connectivity index (χ2v) is 8.38. The lowest BCUT2D eigenvalue weighted by Gasteiger charge is -2.44. The first-order chi connectivity index (χ1) is 14.1. The van der Waals surface area contributed by atoms with E-state index in [1.807, 2.05) is 42.2 Å². The van der Waals surface area contributed by atoms with Crippen LogP contribution in [-0.2, 0) is 16.0 Å². The fraction of sp³-hybridized carbons (Fsp3) is 0.375. The van der Waals surface area contributed by atoms with Crippen molar-refractivity contribution in [2.24, 2.45) is 0 Å². The molecule has 0 spiro atoms. The summed E-state index contributed by atoms with van der Waals surface area (Å²) in [5, 5.41) is 20.8. The third-order valence-corrected chi connectivity index (χ3v) is 5.40. The highest BCUT2D eigenvalue weighted by atomic mass is 19.1. The molecule has 5 nitrogen and oxygen atoms in total. The molecule has 2 aromatic carbocycles. The second-order valence-electron chi connectivity index (χ2n) is 8.38. The molecule has 0 radical (unpaired) electrons. The summed E-state index contributed by atoms with van der Waals surface area (Å²) in [6.45, 7) is 5.29. The molecule has 6 heteroatoms. The number of benzene rings is 2. The molecule has 2 atom stereocenters. The number of carbonyl (C=O) groups is 1. The highest BCUT2D eigenvalue weighted by Crippen LogP contribution is 2.46. The van der Waals surface area contributed by atoms with Gasteiger partial charge in [-0.25, -0.2) is 9.18 Å². The minimum atomic E-state index is -1.43. The van der Waals surface area contributed by atoms with E-state index in [0.717, 1.165) is 16.7 Å². The summed E-state index contributed by atoms with van der Waals surface area (Å²) in [7, 11) is 1.32. The third kappa shape index (κ3) is 4.65. The van der Waals surface area contributed by atoms with Crippen LogP contribution in [0.25, 0.3) is 6.08 Å². The number of halogens is 1. The zero-order chi connectivity index (χ0) is 22.1. The molecule has 1 heterocycles. The summed E-state index contributed by atoms with van der Waals surface area (Å²) in [5.41, 5.74) is 1.79. The first-order valence-corrected chi connectivity index (χ1v) is 9.95. The van der Waals surface area contributed by atoms with E-state index in [-0.39, 0.29) is 24.1 Å². The molecule has 3 rings (SSSR count). The molecule has 0 saturated carbocycles. The van der Waals surface area contributed by atoms with Gasteiger partial charge in [-0.05, 0) is 56.0 Å². The summed E-state index contributed by atoms with van der Waals surface area (Å²) in [6, 6.07) is 10.4. The second kappa shape index (κ2) is 8.48. The van der Waals surface area contributed by atoms with Crippen LogP contribution >= 0.6 is 0 Å². The number of methoxy groups -OCH3 is 1. The monoisotopic (exact) mass is 413 g/mol. The maximum absolute atomic E-state index is 14.7. The van der Waals surface area contributed by atoms with Crippen molar-refractivity contribution < 1.29 is 24.1 Å².